The Hall–Kier alpha value is -1.22. The van der Waals surface area contributed by atoms with Gasteiger partial charge in [0.05, 0.1) is 0 Å². The van der Waals surface area contributed by atoms with Gasteiger partial charge in [-0.2, -0.15) is 0 Å². The molecule has 0 bridgehead atoms. The van der Waals surface area contributed by atoms with Crippen molar-refractivity contribution in [3.8, 4) is 0 Å². The van der Waals surface area contributed by atoms with Crippen molar-refractivity contribution in [1.82, 2.24) is 26.2 Å². The van der Waals surface area contributed by atoms with Crippen LogP contribution in [0.3, 0.4) is 0 Å². The number of carbonyl (C=O) groups is 2. The second kappa shape index (κ2) is 34.3. The van der Waals surface area contributed by atoms with Crippen LogP contribution in [0.4, 0.5) is 0 Å². The highest BCUT2D eigenvalue weighted by Gasteiger charge is 2.12. The Balaban J connectivity index is 3.98. The minimum absolute atomic E-state index is 0.266. The molecule has 0 saturated carbocycles. The molecule has 0 spiro atoms. The first-order valence-corrected chi connectivity index (χ1v) is 18.0. The summed E-state index contributed by atoms with van der Waals surface area (Å²) in [5, 5.41) is 13.4. The van der Waals surface area contributed by atoms with E-state index >= 15 is 0 Å². The molecule has 0 atom stereocenters. The summed E-state index contributed by atoms with van der Waals surface area (Å²) in [7, 11) is 0. The van der Waals surface area contributed by atoms with Crippen molar-refractivity contribution < 1.29 is 9.59 Å². The maximum atomic E-state index is 13.0. The van der Waals surface area contributed by atoms with E-state index in [1.807, 2.05) is 0 Å². The van der Waals surface area contributed by atoms with Gasteiger partial charge in [-0.3, -0.25) is 9.59 Å². The molecular formula is C34H72N6O2. The van der Waals surface area contributed by atoms with Crippen LogP contribution in [0, 0.1) is 0 Å². The first-order valence-electron chi connectivity index (χ1n) is 18.0. The van der Waals surface area contributed by atoms with Gasteiger partial charge in [0.1, 0.15) is 0 Å². The highest BCUT2D eigenvalue weighted by molar-refractivity contribution is 5.76. The number of rotatable bonds is 35. The fourth-order valence-electron chi connectivity index (χ4n) is 5.18. The molecule has 0 rings (SSSR count). The fourth-order valence-corrected chi connectivity index (χ4v) is 5.18. The number of amides is 2. The van der Waals surface area contributed by atoms with E-state index in [2.05, 4.69) is 40.0 Å². The van der Waals surface area contributed by atoms with Crippen molar-refractivity contribution in [3.05, 3.63) is 0 Å². The Labute approximate surface area is 260 Å². The van der Waals surface area contributed by atoms with Gasteiger partial charge in [0.2, 0.25) is 11.8 Å². The average molecular weight is 597 g/mol. The summed E-state index contributed by atoms with van der Waals surface area (Å²) < 4.78 is 0. The summed E-state index contributed by atoms with van der Waals surface area (Å²) in [5.74, 6) is 0.0568. The Bertz CT molecular complexity index is 556. The van der Waals surface area contributed by atoms with Gasteiger partial charge in [-0.25, -0.2) is 0 Å². The first kappa shape index (κ1) is 40.8. The number of nitrogens with two attached hydrogens (primary N) is 1. The zero-order valence-electron chi connectivity index (χ0n) is 28.1. The number of nitrogens with zero attached hydrogens (tertiary/aromatic N) is 1. The smallest absolute Gasteiger partial charge is 0.223 e. The van der Waals surface area contributed by atoms with Crippen LogP contribution in [0.5, 0.6) is 0 Å². The van der Waals surface area contributed by atoms with Crippen molar-refractivity contribution >= 4 is 11.8 Å². The molecule has 6 N–H and O–H groups in total. The zero-order chi connectivity index (χ0) is 30.8. The van der Waals surface area contributed by atoms with E-state index in [-0.39, 0.29) is 5.91 Å². The molecule has 2 amide bonds. The Morgan fingerprint density at radius 2 is 0.762 bits per heavy atom. The van der Waals surface area contributed by atoms with Crippen LogP contribution in [-0.4, -0.2) is 82.2 Å². The fraction of sp³-hybridized carbons (Fsp3) is 0.941. The van der Waals surface area contributed by atoms with Crippen molar-refractivity contribution in [3.63, 3.8) is 0 Å². The lowest BCUT2D eigenvalue weighted by Gasteiger charge is -2.23. The average Bonchev–Trinajstić information content (AvgIpc) is 2.98. The van der Waals surface area contributed by atoms with E-state index < -0.39 is 0 Å². The molecule has 0 heterocycles. The molecule has 250 valence electrons. The number of carbonyl (C=O) groups excluding carboxylic acids is 2. The number of unbranched alkanes of at least 4 members (excludes halogenated alkanes) is 16. The van der Waals surface area contributed by atoms with E-state index in [0.717, 1.165) is 71.7 Å². The maximum Gasteiger partial charge on any atom is 0.223 e. The summed E-state index contributed by atoms with van der Waals surface area (Å²) in [4.78, 5) is 25.9. The molecule has 42 heavy (non-hydrogen) atoms. The largest absolute Gasteiger partial charge is 0.370 e. The lowest BCUT2D eigenvalue weighted by molar-refractivity contribution is -0.131. The van der Waals surface area contributed by atoms with E-state index in [1.54, 1.807) is 0 Å². The second-order valence-electron chi connectivity index (χ2n) is 12.0. The minimum atomic E-state index is -0.266. The number of nitrogens with one attached hydrogen (secondary N) is 4. The predicted molar refractivity (Wildman–Crippen MR) is 181 cm³/mol. The van der Waals surface area contributed by atoms with Gasteiger partial charge < -0.3 is 31.9 Å². The van der Waals surface area contributed by atoms with Crippen LogP contribution < -0.4 is 27.0 Å². The molecule has 0 saturated heterocycles. The Morgan fingerprint density at radius 3 is 1.12 bits per heavy atom. The van der Waals surface area contributed by atoms with Gasteiger partial charge in [-0.15, -0.1) is 0 Å². The van der Waals surface area contributed by atoms with Gasteiger partial charge >= 0.3 is 0 Å². The van der Waals surface area contributed by atoms with Crippen LogP contribution >= 0.6 is 0 Å². The van der Waals surface area contributed by atoms with Crippen LogP contribution in [0.2, 0.25) is 0 Å². The molecule has 0 unspecified atom stereocenters. The molecule has 0 radical (unpaired) electrons. The molecule has 8 heteroatoms. The third kappa shape index (κ3) is 31.7. The van der Waals surface area contributed by atoms with Crippen LogP contribution in [0.1, 0.15) is 142 Å². The van der Waals surface area contributed by atoms with Gasteiger partial charge in [0.25, 0.3) is 0 Å². The standard InChI is InChI=1S/C34H72N6O2/c1-3-5-7-9-11-13-15-17-19-31-40(32-20-18-16-14-12-10-8-6-4-2)34(42)22-24-37-26-28-39-30-29-38-27-25-36-23-21-33(35)41/h36-39H,3-32H2,1-2H3,(H2,35,41). The molecule has 0 aromatic rings. The number of hydrogen-bond donors (Lipinski definition) is 5. The summed E-state index contributed by atoms with van der Waals surface area (Å²) in [6.07, 6.45) is 24.7. The number of hydrogen-bond acceptors (Lipinski definition) is 6. The summed E-state index contributed by atoms with van der Waals surface area (Å²) >= 11 is 0. The topological polar surface area (TPSA) is 112 Å². The quantitative estimate of drug-likeness (QED) is 0.0618. The highest BCUT2D eigenvalue weighted by atomic mass is 16.2. The molecule has 0 aliphatic carbocycles. The zero-order valence-corrected chi connectivity index (χ0v) is 28.1. The summed E-state index contributed by atoms with van der Waals surface area (Å²) in [6.45, 7) is 13.1. The molecule has 0 aliphatic rings. The Morgan fingerprint density at radius 1 is 0.452 bits per heavy atom. The molecule has 0 aliphatic heterocycles. The molecule has 0 aromatic carbocycles. The third-order valence-corrected chi connectivity index (χ3v) is 7.92. The van der Waals surface area contributed by atoms with Crippen molar-refractivity contribution in [2.24, 2.45) is 5.73 Å². The van der Waals surface area contributed by atoms with Gasteiger partial charge in [-0.1, -0.05) is 117 Å². The first-order chi connectivity index (χ1) is 20.6. The molecule has 0 fully saturated rings. The highest BCUT2D eigenvalue weighted by Crippen LogP contribution is 2.12. The van der Waals surface area contributed by atoms with Crippen LogP contribution in [0.25, 0.3) is 0 Å². The van der Waals surface area contributed by atoms with E-state index in [9.17, 15) is 9.59 Å². The monoisotopic (exact) mass is 597 g/mol. The molecule has 0 aromatic heterocycles. The van der Waals surface area contributed by atoms with Gasteiger partial charge in [0, 0.05) is 78.3 Å². The lowest BCUT2D eigenvalue weighted by atomic mass is 10.1. The normalized spacial score (nSPS) is 11.3. The molecular weight excluding hydrogens is 524 g/mol. The van der Waals surface area contributed by atoms with Crippen LogP contribution in [0.15, 0.2) is 0 Å². The van der Waals surface area contributed by atoms with E-state index in [1.165, 1.54) is 103 Å². The minimum Gasteiger partial charge on any atom is -0.370 e. The lowest BCUT2D eigenvalue weighted by Crippen LogP contribution is -2.37. The van der Waals surface area contributed by atoms with Crippen molar-refractivity contribution in [2.75, 3.05) is 65.4 Å². The van der Waals surface area contributed by atoms with E-state index in [4.69, 9.17) is 5.73 Å². The molecule has 8 nitrogen and oxygen atoms in total. The summed E-state index contributed by atoms with van der Waals surface area (Å²) in [5.41, 5.74) is 5.12. The maximum absolute atomic E-state index is 13.0. The van der Waals surface area contributed by atoms with Crippen molar-refractivity contribution in [1.29, 1.82) is 0 Å². The summed E-state index contributed by atoms with van der Waals surface area (Å²) in [6, 6.07) is 0. The van der Waals surface area contributed by atoms with Crippen LogP contribution in [-0.2, 0) is 9.59 Å². The number of primary amides is 1. The predicted octanol–water partition coefficient (Wildman–Crippen LogP) is 5.50. The second-order valence-corrected chi connectivity index (χ2v) is 12.0. The van der Waals surface area contributed by atoms with Gasteiger partial charge in [-0.05, 0) is 12.8 Å². The third-order valence-electron chi connectivity index (χ3n) is 7.92. The van der Waals surface area contributed by atoms with Crippen molar-refractivity contribution in [2.45, 2.75) is 142 Å². The van der Waals surface area contributed by atoms with E-state index in [0.29, 0.717) is 25.3 Å². The SMILES string of the molecule is CCCCCCCCCCCN(CCCCCCCCCCC)C(=O)CCNCCNCCNCCNCCC(N)=O. The Kier molecular flexibility index (Phi) is 33.3. The van der Waals surface area contributed by atoms with Gasteiger partial charge in [0.15, 0.2) is 0 Å².